The summed E-state index contributed by atoms with van der Waals surface area (Å²) in [4.78, 5) is 65.9. The highest BCUT2D eigenvalue weighted by Crippen LogP contribution is 2.37. The van der Waals surface area contributed by atoms with Crippen LogP contribution >= 0.6 is 0 Å². The predicted molar refractivity (Wildman–Crippen MR) is 148 cm³/mol. The number of hydrogen-bond donors (Lipinski definition) is 3. The number of amides is 4. The summed E-state index contributed by atoms with van der Waals surface area (Å²) in [6, 6.07) is 4.77. The SMILES string of the molecule is CC(C)C[C@@H](NC(=O)C(C)(C)NC(=O)OC(C)(C)C)C(=O)CC1Cc2cccc(N3CCCC3=O)c2NC1=O. The molecule has 2 aliphatic rings. The molecule has 3 rings (SSSR count). The molecule has 1 saturated heterocycles. The highest BCUT2D eigenvalue weighted by molar-refractivity contribution is 6.06. The van der Waals surface area contributed by atoms with E-state index >= 15 is 0 Å². The van der Waals surface area contributed by atoms with Gasteiger partial charge in [-0.3, -0.25) is 19.2 Å². The smallest absolute Gasteiger partial charge is 0.408 e. The average Bonchev–Trinajstić information content (AvgIpc) is 3.22. The van der Waals surface area contributed by atoms with Gasteiger partial charge in [0.1, 0.15) is 11.1 Å². The summed E-state index contributed by atoms with van der Waals surface area (Å²) in [5, 5.41) is 8.29. The summed E-state index contributed by atoms with van der Waals surface area (Å²) in [5.74, 6) is -1.52. The number of carbonyl (C=O) groups is 5. The molecule has 2 atom stereocenters. The highest BCUT2D eigenvalue weighted by Gasteiger charge is 2.37. The molecule has 1 aromatic rings. The van der Waals surface area contributed by atoms with E-state index < -0.39 is 35.1 Å². The van der Waals surface area contributed by atoms with Gasteiger partial charge in [0, 0.05) is 25.3 Å². The molecule has 2 aliphatic heterocycles. The molecule has 39 heavy (non-hydrogen) atoms. The lowest BCUT2D eigenvalue weighted by atomic mass is 9.86. The molecule has 3 N–H and O–H groups in total. The molecule has 0 aromatic heterocycles. The minimum absolute atomic E-state index is 0.0336. The van der Waals surface area contributed by atoms with Crippen molar-refractivity contribution in [2.75, 3.05) is 16.8 Å². The second kappa shape index (κ2) is 11.8. The summed E-state index contributed by atoms with van der Waals surface area (Å²) >= 11 is 0. The second-order valence-electron chi connectivity index (χ2n) is 12.4. The number of rotatable bonds is 9. The van der Waals surface area contributed by atoms with Gasteiger partial charge in [-0.1, -0.05) is 26.0 Å². The van der Waals surface area contributed by atoms with Crippen LogP contribution in [0.15, 0.2) is 18.2 Å². The average molecular weight is 543 g/mol. The standard InChI is InChI=1S/C29H42N4O6/c1-17(2)14-20(30-26(37)29(6,7)32-27(38)39-28(3,4)5)22(34)16-19-15-18-10-8-11-21(24(18)31-25(19)36)33-13-9-12-23(33)35/h8,10-11,17,19-20H,9,12-16H2,1-7H3,(H,30,37)(H,31,36)(H,32,38)/t19?,20-/m1/s1. The zero-order valence-corrected chi connectivity index (χ0v) is 24.1. The first-order chi connectivity index (χ1) is 18.1. The molecule has 0 bridgehead atoms. The molecular formula is C29H42N4O6. The van der Waals surface area contributed by atoms with Gasteiger partial charge in [0.05, 0.1) is 17.4 Å². The number of alkyl carbamates (subject to hydrolysis) is 1. The molecule has 10 nitrogen and oxygen atoms in total. The van der Waals surface area contributed by atoms with Crippen LogP contribution in [0, 0.1) is 11.8 Å². The van der Waals surface area contributed by atoms with Crippen molar-refractivity contribution in [1.29, 1.82) is 0 Å². The highest BCUT2D eigenvalue weighted by atomic mass is 16.6. The van der Waals surface area contributed by atoms with E-state index in [0.29, 0.717) is 37.2 Å². The Morgan fingerprint density at radius 3 is 2.41 bits per heavy atom. The van der Waals surface area contributed by atoms with Gasteiger partial charge >= 0.3 is 6.09 Å². The van der Waals surface area contributed by atoms with Gasteiger partial charge in [0.15, 0.2) is 5.78 Å². The molecule has 1 aromatic carbocycles. The third-order valence-electron chi connectivity index (χ3n) is 6.81. The number of para-hydroxylation sites is 1. The van der Waals surface area contributed by atoms with E-state index in [0.717, 1.165) is 12.0 Å². The van der Waals surface area contributed by atoms with E-state index in [1.54, 1.807) is 25.7 Å². The van der Waals surface area contributed by atoms with Gasteiger partial charge in [0.25, 0.3) is 0 Å². The van der Waals surface area contributed by atoms with E-state index in [4.69, 9.17) is 4.74 Å². The van der Waals surface area contributed by atoms with Crippen LogP contribution in [0.4, 0.5) is 16.2 Å². The fourth-order valence-corrected chi connectivity index (χ4v) is 4.86. The molecule has 0 spiro atoms. The first kappa shape index (κ1) is 30.1. The van der Waals surface area contributed by atoms with Gasteiger partial charge in [0.2, 0.25) is 17.7 Å². The lowest BCUT2D eigenvalue weighted by molar-refractivity contribution is -0.132. The van der Waals surface area contributed by atoms with Crippen LogP contribution in [-0.2, 0) is 30.3 Å². The van der Waals surface area contributed by atoms with Crippen molar-refractivity contribution < 1.29 is 28.7 Å². The Kier molecular flexibility index (Phi) is 9.08. The number of ketones is 1. The third-order valence-corrected chi connectivity index (χ3v) is 6.81. The number of Topliss-reactive ketones (excluding diaryl/α,β-unsaturated/α-hetero) is 1. The summed E-state index contributed by atoms with van der Waals surface area (Å²) < 4.78 is 5.27. The van der Waals surface area contributed by atoms with Gasteiger partial charge in [-0.05, 0) is 71.4 Å². The Morgan fingerprint density at radius 2 is 1.82 bits per heavy atom. The maximum atomic E-state index is 13.4. The molecule has 0 radical (unpaired) electrons. The van der Waals surface area contributed by atoms with E-state index in [1.807, 2.05) is 32.0 Å². The fraction of sp³-hybridized carbons (Fsp3) is 0.621. The zero-order chi connectivity index (χ0) is 29.1. The predicted octanol–water partition coefficient (Wildman–Crippen LogP) is 3.72. The van der Waals surface area contributed by atoms with Crippen molar-refractivity contribution >= 4 is 41.0 Å². The maximum absolute atomic E-state index is 13.4. The quantitative estimate of drug-likeness (QED) is 0.436. The molecule has 2 heterocycles. The van der Waals surface area contributed by atoms with Crippen LogP contribution < -0.4 is 20.9 Å². The van der Waals surface area contributed by atoms with Crippen LogP contribution in [0.25, 0.3) is 0 Å². The molecule has 4 amide bonds. The number of nitrogens with one attached hydrogen (secondary N) is 3. The monoisotopic (exact) mass is 542 g/mol. The molecule has 10 heteroatoms. The van der Waals surface area contributed by atoms with Crippen molar-refractivity contribution in [3.63, 3.8) is 0 Å². The Bertz CT molecular complexity index is 1140. The molecule has 1 fully saturated rings. The number of fused-ring (bicyclic) bond motifs is 1. The number of benzene rings is 1. The van der Waals surface area contributed by atoms with Crippen LogP contribution in [0.1, 0.15) is 79.7 Å². The lowest BCUT2D eigenvalue weighted by Crippen LogP contribution is -2.58. The zero-order valence-electron chi connectivity index (χ0n) is 24.1. The summed E-state index contributed by atoms with van der Waals surface area (Å²) in [6.45, 7) is 12.8. The first-order valence-corrected chi connectivity index (χ1v) is 13.7. The largest absolute Gasteiger partial charge is 0.444 e. The Hall–Kier alpha value is -3.43. The van der Waals surface area contributed by atoms with Gasteiger partial charge < -0.3 is 25.6 Å². The number of hydrogen-bond acceptors (Lipinski definition) is 6. The van der Waals surface area contributed by atoms with Crippen molar-refractivity contribution in [3.8, 4) is 0 Å². The summed E-state index contributed by atoms with van der Waals surface area (Å²) in [7, 11) is 0. The van der Waals surface area contributed by atoms with Crippen molar-refractivity contribution in [3.05, 3.63) is 23.8 Å². The molecular weight excluding hydrogens is 500 g/mol. The maximum Gasteiger partial charge on any atom is 0.408 e. The normalized spacial score (nSPS) is 18.4. The van der Waals surface area contributed by atoms with Crippen LogP contribution in [-0.4, -0.2) is 53.3 Å². The van der Waals surface area contributed by atoms with Crippen molar-refractivity contribution in [2.24, 2.45) is 11.8 Å². The van der Waals surface area contributed by atoms with Gasteiger partial charge in [-0.25, -0.2) is 4.79 Å². The number of carbonyl (C=O) groups excluding carboxylic acids is 5. The minimum atomic E-state index is -1.33. The van der Waals surface area contributed by atoms with Crippen LogP contribution in [0.3, 0.4) is 0 Å². The molecule has 0 aliphatic carbocycles. The van der Waals surface area contributed by atoms with Gasteiger partial charge in [-0.2, -0.15) is 0 Å². The number of ether oxygens (including phenoxy) is 1. The summed E-state index contributed by atoms with van der Waals surface area (Å²) in [5.41, 5.74) is 0.136. The second-order valence-corrected chi connectivity index (χ2v) is 12.4. The van der Waals surface area contributed by atoms with E-state index in [2.05, 4.69) is 16.0 Å². The van der Waals surface area contributed by atoms with Crippen LogP contribution in [0.5, 0.6) is 0 Å². The van der Waals surface area contributed by atoms with Crippen LogP contribution in [0.2, 0.25) is 0 Å². The summed E-state index contributed by atoms with van der Waals surface area (Å²) in [6.07, 6.45) is 1.23. The van der Waals surface area contributed by atoms with Gasteiger partial charge in [-0.15, -0.1) is 0 Å². The van der Waals surface area contributed by atoms with Crippen molar-refractivity contribution in [2.45, 2.75) is 97.8 Å². The van der Waals surface area contributed by atoms with Crippen molar-refractivity contribution in [1.82, 2.24) is 10.6 Å². The Balaban J connectivity index is 1.70. The molecule has 214 valence electrons. The number of anilines is 2. The minimum Gasteiger partial charge on any atom is -0.444 e. The van der Waals surface area contributed by atoms with E-state index in [-0.39, 0.29) is 29.9 Å². The topological polar surface area (TPSA) is 134 Å². The number of nitrogens with zero attached hydrogens (tertiary/aromatic N) is 1. The Morgan fingerprint density at radius 1 is 1.13 bits per heavy atom. The van der Waals surface area contributed by atoms with E-state index in [9.17, 15) is 24.0 Å². The fourth-order valence-electron chi connectivity index (χ4n) is 4.86. The Labute approximate surface area is 230 Å². The lowest BCUT2D eigenvalue weighted by Gasteiger charge is -2.31. The third kappa shape index (κ3) is 7.80. The molecule has 0 saturated carbocycles. The molecule has 1 unspecified atom stereocenters. The van der Waals surface area contributed by atoms with E-state index in [1.165, 1.54) is 13.8 Å². The first-order valence-electron chi connectivity index (χ1n) is 13.7.